The van der Waals surface area contributed by atoms with E-state index in [1.54, 1.807) is 7.11 Å². The number of ether oxygens (including phenoxy) is 1. The average Bonchev–Trinajstić information content (AvgIpc) is 2.41. The Bertz CT molecular complexity index is 554. The minimum atomic E-state index is 0.643. The average molecular weight is 276 g/mol. The molecular formula is C16H18ClNO. The van der Waals surface area contributed by atoms with E-state index in [4.69, 9.17) is 16.3 Å². The number of methoxy groups -OCH3 is 1. The molecule has 0 aliphatic carbocycles. The number of benzene rings is 2. The first-order chi connectivity index (χ1) is 9.20. The van der Waals surface area contributed by atoms with Crippen LogP contribution in [0.2, 0.25) is 5.02 Å². The van der Waals surface area contributed by atoms with E-state index in [1.165, 1.54) is 11.1 Å². The van der Waals surface area contributed by atoms with Crippen LogP contribution in [0.1, 0.15) is 16.7 Å². The first-order valence-electron chi connectivity index (χ1n) is 6.26. The van der Waals surface area contributed by atoms with Crippen molar-refractivity contribution in [2.45, 2.75) is 20.1 Å². The molecule has 0 aliphatic rings. The second-order valence-electron chi connectivity index (χ2n) is 4.52. The highest BCUT2D eigenvalue weighted by molar-refractivity contribution is 6.31. The third kappa shape index (κ3) is 3.72. The predicted octanol–water partition coefficient (Wildman–Crippen LogP) is 4.41. The zero-order valence-electron chi connectivity index (χ0n) is 11.2. The molecule has 100 valence electrons. The molecule has 0 bridgehead atoms. The molecule has 0 aliphatic heterocycles. The van der Waals surface area contributed by atoms with E-state index in [2.05, 4.69) is 29.6 Å². The van der Waals surface area contributed by atoms with Crippen LogP contribution < -0.4 is 5.32 Å². The van der Waals surface area contributed by atoms with Gasteiger partial charge in [0.05, 0.1) is 6.61 Å². The van der Waals surface area contributed by atoms with E-state index in [0.717, 1.165) is 22.8 Å². The zero-order chi connectivity index (χ0) is 13.7. The molecule has 0 radical (unpaired) electrons. The van der Waals surface area contributed by atoms with Crippen molar-refractivity contribution < 1.29 is 4.74 Å². The van der Waals surface area contributed by atoms with E-state index in [1.807, 2.05) is 25.1 Å². The minimum absolute atomic E-state index is 0.643. The summed E-state index contributed by atoms with van der Waals surface area (Å²) in [5.41, 5.74) is 4.57. The van der Waals surface area contributed by atoms with E-state index < -0.39 is 0 Å². The smallest absolute Gasteiger partial charge is 0.0713 e. The fourth-order valence-electron chi connectivity index (χ4n) is 1.99. The summed E-state index contributed by atoms with van der Waals surface area (Å²) in [7, 11) is 1.71. The Morgan fingerprint density at radius 1 is 1.11 bits per heavy atom. The number of nitrogens with one attached hydrogen (secondary N) is 1. The van der Waals surface area contributed by atoms with Gasteiger partial charge in [-0.15, -0.1) is 0 Å². The van der Waals surface area contributed by atoms with Crippen molar-refractivity contribution in [2.75, 3.05) is 12.4 Å². The molecular weight excluding hydrogens is 258 g/mol. The molecule has 0 spiro atoms. The molecule has 19 heavy (non-hydrogen) atoms. The van der Waals surface area contributed by atoms with Crippen LogP contribution in [0.4, 0.5) is 5.69 Å². The van der Waals surface area contributed by atoms with Gasteiger partial charge < -0.3 is 10.1 Å². The Morgan fingerprint density at radius 3 is 2.63 bits per heavy atom. The van der Waals surface area contributed by atoms with Gasteiger partial charge >= 0.3 is 0 Å². The molecule has 0 fully saturated rings. The fraction of sp³-hybridized carbons (Fsp3) is 0.250. The van der Waals surface area contributed by atoms with E-state index in [0.29, 0.717) is 6.61 Å². The van der Waals surface area contributed by atoms with Crippen molar-refractivity contribution in [3.63, 3.8) is 0 Å². The lowest BCUT2D eigenvalue weighted by Crippen LogP contribution is -2.02. The molecule has 0 saturated heterocycles. The number of hydrogen-bond acceptors (Lipinski definition) is 2. The second kappa shape index (κ2) is 6.60. The van der Waals surface area contributed by atoms with Crippen LogP contribution >= 0.6 is 11.6 Å². The van der Waals surface area contributed by atoms with Crippen LogP contribution in [0.15, 0.2) is 42.5 Å². The highest BCUT2D eigenvalue weighted by atomic mass is 35.5. The molecule has 0 saturated carbocycles. The van der Waals surface area contributed by atoms with Crippen LogP contribution in [0.5, 0.6) is 0 Å². The van der Waals surface area contributed by atoms with Gasteiger partial charge in [-0.2, -0.15) is 0 Å². The fourth-order valence-corrected chi connectivity index (χ4v) is 2.17. The summed E-state index contributed by atoms with van der Waals surface area (Å²) >= 11 is 6.11. The molecule has 0 amide bonds. The molecule has 2 rings (SSSR count). The Labute approximate surface area is 119 Å². The van der Waals surface area contributed by atoms with Crippen LogP contribution in [-0.4, -0.2) is 7.11 Å². The Balaban J connectivity index is 2.06. The Hall–Kier alpha value is -1.51. The number of hydrogen-bond donors (Lipinski definition) is 1. The van der Waals surface area contributed by atoms with Crippen molar-refractivity contribution in [3.05, 3.63) is 64.2 Å². The molecule has 2 aromatic rings. The van der Waals surface area contributed by atoms with Gasteiger partial charge in [-0.05, 0) is 35.7 Å². The van der Waals surface area contributed by atoms with Gasteiger partial charge in [0.15, 0.2) is 0 Å². The lowest BCUT2D eigenvalue weighted by Gasteiger charge is -2.11. The highest BCUT2D eigenvalue weighted by Gasteiger charge is 2.02. The van der Waals surface area contributed by atoms with Crippen LogP contribution in [0.25, 0.3) is 0 Å². The molecule has 1 N–H and O–H groups in total. The topological polar surface area (TPSA) is 21.3 Å². The normalized spacial score (nSPS) is 10.5. The summed E-state index contributed by atoms with van der Waals surface area (Å²) in [5.74, 6) is 0. The van der Waals surface area contributed by atoms with Crippen molar-refractivity contribution in [1.82, 2.24) is 0 Å². The summed E-state index contributed by atoms with van der Waals surface area (Å²) in [4.78, 5) is 0. The maximum Gasteiger partial charge on any atom is 0.0713 e. The third-order valence-corrected chi connectivity index (χ3v) is 3.46. The Morgan fingerprint density at radius 2 is 1.84 bits per heavy atom. The molecule has 2 nitrogen and oxygen atoms in total. The lowest BCUT2D eigenvalue weighted by atomic mass is 10.1. The van der Waals surface area contributed by atoms with Gasteiger partial charge in [-0.3, -0.25) is 0 Å². The summed E-state index contributed by atoms with van der Waals surface area (Å²) in [6.07, 6.45) is 0. The van der Waals surface area contributed by atoms with Gasteiger partial charge in [0, 0.05) is 24.4 Å². The van der Waals surface area contributed by atoms with E-state index in [-0.39, 0.29) is 0 Å². The van der Waals surface area contributed by atoms with Crippen molar-refractivity contribution in [3.8, 4) is 0 Å². The third-order valence-electron chi connectivity index (χ3n) is 3.05. The standard InChI is InChI=1S/C16H18ClNO/c1-12-15(17)7-4-8-16(12)18-10-13-5-3-6-14(9-13)11-19-2/h3-9,18H,10-11H2,1-2H3. The molecule has 0 atom stereocenters. The van der Waals surface area contributed by atoms with Crippen LogP contribution in [0, 0.1) is 6.92 Å². The lowest BCUT2D eigenvalue weighted by molar-refractivity contribution is 0.185. The maximum absolute atomic E-state index is 6.11. The quantitative estimate of drug-likeness (QED) is 0.873. The molecule has 0 unspecified atom stereocenters. The predicted molar refractivity (Wildman–Crippen MR) is 80.7 cm³/mol. The summed E-state index contributed by atoms with van der Waals surface area (Å²) < 4.78 is 5.14. The van der Waals surface area contributed by atoms with E-state index in [9.17, 15) is 0 Å². The van der Waals surface area contributed by atoms with Crippen LogP contribution in [0.3, 0.4) is 0 Å². The zero-order valence-corrected chi connectivity index (χ0v) is 12.0. The van der Waals surface area contributed by atoms with Crippen molar-refractivity contribution in [2.24, 2.45) is 0 Å². The van der Waals surface area contributed by atoms with Gasteiger partial charge in [-0.25, -0.2) is 0 Å². The number of anilines is 1. The number of rotatable bonds is 5. The van der Waals surface area contributed by atoms with Crippen molar-refractivity contribution >= 4 is 17.3 Å². The molecule has 3 heteroatoms. The SMILES string of the molecule is COCc1cccc(CNc2cccc(Cl)c2C)c1. The molecule has 0 heterocycles. The van der Waals surface area contributed by atoms with E-state index >= 15 is 0 Å². The van der Waals surface area contributed by atoms with Gasteiger partial charge in [0.25, 0.3) is 0 Å². The summed E-state index contributed by atoms with van der Waals surface area (Å²) in [6, 6.07) is 14.3. The highest BCUT2D eigenvalue weighted by Crippen LogP contribution is 2.23. The molecule has 0 aromatic heterocycles. The van der Waals surface area contributed by atoms with Gasteiger partial charge in [0.1, 0.15) is 0 Å². The van der Waals surface area contributed by atoms with Gasteiger partial charge in [0.2, 0.25) is 0 Å². The first kappa shape index (κ1) is 13.9. The number of halogens is 1. The van der Waals surface area contributed by atoms with Gasteiger partial charge in [-0.1, -0.05) is 41.9 Å². The first-order valence-corrected chi connectivity index (χ1v) is 6.64. The maximum atomic E-state index is 6.11. The minimum Gasteiger partial charge on any atom is -0.381 e. The monoisotopic (exact) mass is 275 g/mol. The largest absolute Gasteiger partial charge is 0.381 e. The van der Waals surface area contributed by atoms with Crippen molar-refractivity contribution in [1.29, 1.82) is 0 Å². The molecule has 2 aromatic carbocycles. The second-order valence-corrected chi connectivity index (χ2v) is 4.93. The Kier molecular flexibility index (Phi) is 4.83. The summed E-state index contributed by atoms with van der Waals surface area (Å²) in [6.45, 7) is 3.44. The van der Waals surface area contributed by atoms with Crippen LogP contribution in [-0.2, 0) is 17.9 Å². The summed E-state index contributed by atoms with van der Waals surface area (Å²) in [5, 5.41) is 4.20.